The summed E-state index contributed by atoms with van der Waals surface area (Å²) in [6.07, 6.45) is 6.20. The van der Waals surface area contributed by atoms with E-state index in [4.69, 9.17) is 0 Å². The molecule has 0 radical (unpaired) electrons. The Morgan fingerprint density at radius 3 is 1.91 bits per heavy atom. The van der Waals surface area contributed by atoms with Crippen LogP contribution in [0.1, 0.15) is 44.9 Å². The molecule has 1 amide bonds. The van der Waals surface area contributed by atoms with E-state index >= 15 is 0 Å². The number of benzene rings is 2. The first-order valence-corrected chi connectivity index (χ1v) is 14.5. The van der Waals surface area contributed by atoms with Gasteiger partial charge < -0.3 is 5.32 Å². The molecule has 0 aliphatic heterocycles. The van der Waals surface area contributed by atoms with Crippen LogP contribution in [0.25, 0.3) is 0 Å². The van der Waals surface area contributed by atoms with Gasteiger partial charge in [-0.15, -0.1) is 0 Å². The summed E-state index contributed by atoms with van der Waals surface area (Å²) in [5.74, 6) is -0.421. The smallest absolute Gasteiger partial charge is 0.243 e. The van der Waals surface area contributed by atoms with Gasteiger partial charge in [0.25, 0.3) is 0 Å². The lowest BCUT2D eigenvalue weighted by atomic mass is 9.96. The molecule has 0 bridgehead atoms. The van der Waals surface area contributed by atoms with Crippen LogP contribution < -0.4 is 5.32 Å². The van der Waals surface area contributed by atoms with Crippen LogP contribution in [-0.2, 0) is 24.8 Å². The second-order valence-corrected chi connectivity index (χ2v) is 12.9. The Kier molecular flexibility index (Phi) is 7.42. The highest BCUT2D eigenvalue weighted by Gasteiger charge is 2.39. The van der Waals surface area contributed by atoms with Crippen LogP contribution in [0.3, 0.4) is 0 Å². The van der Waals surface area contributed by atoms with Crippen LogP contribution >= 0.6 is 0 Å². The fourth-order valence-electron chi connectivity index (χ4n) is 4.36. The molecule has 10 heteroatoms. The van der Waals surface area contributed by atoms with Gasteiger partial charge in [0, 0.05) is 24.8 Å². The normalized spacial score (nSPS) is 17.7. The summed E-state index contributed by atoms with van der Waals surface area (Å²) in [4.78, 5) is 12.6. The van der Waals surface area contributed by atoms with Gasteiger partial charge in [-0.25, -0.2) is 16.8 Å². The molecule has 184 valence electrons. The molecule has 8 nitrogen and oxygen atoms in total. The van der Waals surface area contributed by atoms with Gasteiger partial charge in [0.2, 0.25) is 26.0 Å². The largest absolute Gasteiger partial charge is 0.325 e. The predicted octanol–water partition coefficient (Wildman–Crippen LogP) is 3.43. The second-order valence-electron chi connectivity index (χ2n) is 8.98. The molecule has 2 aromatic rings. The van der Waals surface area contributed by atoms with Crippen molar-refractivity contribution >= 4 is 31.6 Å². The van der Waals surface area contributed by atoms with Crippen LogP contribution in [0, 0.1) is 0 Å². The van der Waals surface area contributed by atoms with Crippen LogP contribution in [0.15, 0.2) is 64.4 Å². The zero-order valence-corrected chi connectivity index (χ0v) is 20.9. The zero-order valence-electron chi connectivity index (χ0n) is 19.3. The van der Waals surface area contributed by atoms with Crippen LogP contribution in [0.4, 0.5) is 5.69 Å². The van der Waals surface area contributed by atoms with E-state index in [9.17, 15) is 21.6 Å². The van der Waals surface area contributed by atoms with Crippen molar-refractivity contribution in [3.8, 4) is 0 Å². The Balaban J connectivity index is 1.50. The third kappa shape index (κ3) is 5.51. The van der Waals surface area contributed by atoms with Gasteiger partial charge >= 0.3 is 0 Å². The minimum absolute atomic E-state index is 0.0221. The molecule has 4 rings (SSSR count). The van der Waals surface area contributed by atoms with E-state index in [0.29, 0.717) is 18.5 Å². The number of hydrogen-bond acceptors (Lipinski definition) is 5. The SMILES string of the molecule is CN(C1CCCCC1)S(=O)(=O)c1ccc(S(=O)(=O)N(CC(=O)Nc2ccccc2)C2CC2)cc1. The summed E-state index contributed by atoms with van der Waals surface area (Å²) in [6.45, 7) is -0.299. The highest BCUT2D eigenvalue weighted by Crippen LogP contribution is 2.33. The Hall–Kier alpha value is -2.27. The van der Waals surface area contributed by atoms with E-state index in [0.717, 1.165) is 32.1 Å². The fraction of sp³-hybridized carbons (Fsp3) is 0.458. The van der Waals surface area contributed by atoms with E-state index in [1.165, 1.54) is 32.9 Å². The van der Waals surface area contributed by atoms with Gasteiger partial charge in [-0.2, -0.15) is 8.61 Å². The molecule has 2 saturated carbocycles. The van der Waals surface area contributed by atoms with E-state index in [2.05, 4.69) is 5.32 Å². The standard InChI is InChI=1S/C24H31N3O5S2/c1-26(20-10-6-3-7-11-20)33(29,30)22-14-16-23(17-15-22)34(31,32)27(21-12-13-21)18-24(28)25-19-8-4-2-5-9-19/h2,4-5,8-9,14-17,20-21H,3,6-7,10-13,18H2,1H3,(H,25,28). The quantitative estimate of drug-likeness (QED) is 0.562. The molecule has 34 heavy (non-hydrogen) atoms. The van der Waals surface area contributed by atoms with Crippen molar-refractivity contribution in [1.29, 1.82) is 0 Å². The van der Waals surface area contributed by atoms with Crippen molar-refractivity contribution in [1.82, 2.24) is 8.61 Å². The molecule has 0 saturated heterocycles. The summed E-state index contributed by atoms with van der Waals surface area (Å²) in [5, 5.41) is 2.72. The minimum atomic E-state index is -3.96. The Labute approximate surface area is 202 Å². The Morgan fingerprint density at radius 1 is 0.794 bits per heavy atom. The van der Waals surface area contributed by atoms with Crippen LogP contribution in [-0.4, -0.2) is 57.0 Å². The molecule has 0 heterocycles. The Morgan fingerprint density at radius 2 is 1.35 bits per heavy atom. The molecule has 2 aliphatic rings. The molecule has 0 spiro atoms. The molecular formula is C24H31N3O5S2. The lowest BCUT2D eigenvalue weighted by Gasteiger charge is -2.30. The van der Waals surface area contributed by atoms with Crippen LogP contribution in [0.5, 0.6) is 0 Å². The van der Waals surface area contributed by atoms with Gasteiger partial charge in [-0.1, -0.05) is 37.5 Å². The number of rotatable bonds is 9. The van der Waals surface area contributed by atoms with E-state index in [1.54, 1.807) is 31.3 Å². The lowest BCUT2D eigenvalue weighted by molar-refractivity contribution is -0.116. The third-order valence-electron chi connectivity index (χ3n) is 6.51. The van der Waals surface area contributed by atoms with Crippen molar-refractivity contribution in [2.24, 2.45) is 0 Å². The maximum atomic E-state index is 13.3. The van der Waals surface area contributed by atoms with Gasteiger partial charge in [-0.3, -0.25) is 4.79 Å². The molecule has 2 aromatic carbocycles. The number of anilines is 1. The highest BCUT2D eigenvalue weighted by atomic mass is 32.2. The van der Waals surface area contributed by atoms with Crippen molar-refractivity contribution in [2.75, 3.05) is 18.9 Å². The number of carbonyl (C=O) groups is 1. The van der Waals surface area contributed by atoms with E-state index < -0.39 is 26.0 Å². The molecule has 0 aromatic heterocycles. The number of nitrogens with zero attached hydrogens (tertiary/aromatic N) is 2. The second kappa shape index (κ2) is 10.2. The number of sulfonamides is 2. The average Bonchev–Trinajstić information content (AvgIpc) is 3.68. The van der Waals surface area contributed by atoms with Crippen molar-refractivity contribution in [3.63, 3.8) is 0 Å². The zero-order chi connectivity index (χ0) is 24.3. The maximum absolute atomic E-state index is 13.3. The first kappa shape index (κ1) is 24.8. The predicted molar refractivity (Wildman–Crippen MR) is 130 cm³/mol. The van der Waals surface area contributed by atoms with Gasteiger partial charge in [-0.05, 0) is 62.1 Å². The molecule has 0 unspecified atom stereocenters. The fourth-order valence-corrected chi connectivity index (χ4v) is 7.42. The molecular weight excluding hydrogens is 474 g/mol. The topological polar surface area (TPSA) is 104 Å². The van der Waals surface area contributed by atoms with Crippen molar-refractivity contribution in [3.05, 3.63) is 54.6 Å². The lowest BCUT2D eigenvalue weighted by Crippen LogP contribution is -2.39. The number of hydrogen-bond donors (Lipinski definition) is 1. The first-order chi connectivity index (χ1) is 16.2. The molecule has 2 fully saturated rings. The van der Waals surface area contributed by atoms with E-state index in [1.807, 2.05) is 6.07 Å². The van der Waals surface area contributed by atoms with Gasteiger partial charge in [0.05, 0.1) is 16.3 Å². The molecule has 0 atom stereocenters. The number of carbonyl (C=O) groups excluding carboxylic acids is 1. The summed E-state index contributed by atoms with van der Waals surface area (Å²) >= 11 is 0. The molecule has 1 N–H and O–H groups in total. The van der Waals surface area contributed by atoms with Crippen molar-refractivity contribution in [2.45, 2.75) is 66.8 Å². The number of para-hydroxylation sites is 1. The molecule has 2 aliphatic carbocycles. The Bertz CT molecular complexity index is 1210. The van der Waals surface area contributed by atoms with Gasteiger partial charge in [0.1, 0.15) is 0 Å². The summed E-state index contributed by atoms with van der Waals surface area (Å²) in [6, 6.07) is 13.9. The van der Waals surface area contributed by atoms with Gasteiger partial charge in [0.15, 0.2) is 0 Å². The van der Waals surface area contributed by atoms with E-state index in [-0.39, 0.29) is 28.4 Å². The minimum Gasteiger partial charge on any atom is -0.325 e. The maximum Gasteiger partial charge on any atom is 0.243 e. The van der Waals surface area contributed by atoms with Crippen molar-refractivity contribution < 1.29 is 21.6 Å². The monoisotopic (exact) mass is 505 g/mol. The third-order valence-corrected chi connectivity index (χ3v) is 10.3. The average molecular weight is 506 g/mol. The first-order valence-electron chi connectivity index (χ1n) is 11.6. The number of nitrogens with one attached hydrogen (secondary N) is 1. The highest BCUT2D eigenvalue weighted by molar-refractivity contribution is 7.89. The van der Waals surface area contributed by atoms with Crippen LogP contribution in [0.2, 0.25) is 0 Å². The number of amides is 1. The summed E-state index contributed by atoms with van der Waals surface area (Å²) in [7, 11) is -6.09. The summed E-state index contributed by atoms with van der Waals surface area (Å²) in [5.41, 5.74) is 0.595. The summed E-state index contributed by atoms with van der Waals surface area (Å²) < 4.78 is 55.4.